The summed E-state index contributed by atoms with van der Waals surface area (Å²) in [6, 6.07) is 0. The summed E-state index contributed by atoms with van der Waals surface area (Å²) >= 11 is 0. The summed E-state index contributed by atoms with van der Waals surface area (Å²) in [4.78, 5) is 0. The van der Waals surface area contributed by atoms with Crippen molar-refractivity contribution in [1.82, 2.24) is 0 Å². The summed E-state index contributed by atoms with van der Waals surface area (Å²) in [5.74, 6) is 0.795. The van der Waals surface area contributed by atoms with Gasteiger partial charge in [-0.05, 0) is 0 Å². The Kier molecular flexibility index (Phi) is 2.07. The van der Waals surface area contributed by atoms with E-state index < -0.39 is 7.28 Å². The van der Waals surface area contributed by atoms with Crippen molar-refractivity contribution in [2.24, 2.45) is 0 Å². The van der Waals surface area contributed by atoms with E-state index in [2.05, 4.69) is 6.58 Å². The van der Waals surface area contributed by atoms with Crippen molar-refractivity contribution in [2.75, 3.05) is 20.9 Å². The SMILES string of the molecule is C=C1C=C(C)OP1(C)(OC)OC. The summed E-state index contributed by atoms with van der Waals surface area (Å²) in [5, 5.41) is 0.795. The van der Waals surface area contributed by atoms with Gasteiger partial charge in [-0.1, -0.05) is 0 Å². The van der Waals surface area contributed by atoms with Gasteiger partial charge in [0.05, 0.1) is 0 Å². The molecule has 0 aromatic heterocycles. The zero-order chi connectivity index (χ0) is 9.43. The van der Waals surface area contributed by atoms with Crippen LogP contribution in [0.3, 0.4) is 0 Å². The molecule has 0 radical (unpaired) electrons. The van der Waals surface area contributed by atoms with Gasteiger partial charge in [0.2, 0.25) is 0 Å². The second-order valence-corrected chi connectivity index (χ2v) is 7.00. The van der Waals surface area contributed by atoms with Gasteiger partial charge in [-0.15, -0.1) is 0 Å². The van der Waals surface area contributed by atoms with Crippen molar-refractivity contribution in [3.8, 4) is 0 Å². The molecule has 0 atom stereocenters. The van der Waals surface area contributed by atoms with Crippen LogP contribution in [0.1, 0.15) is 6.92 Å². The van der Waals surface area contributed by atoms with E-state index in [0.717, 1.165) is 11.1 Å². The van der Waals surface area contributed by atoms with Crippen molar-refractivity contribution in [2.45, 2.75) is 6.92 Å². The molecule has 0 aromatic carbocycles. The quantitative estimate of drug-likeness (QED) is 0.626. The summed E-state index contributed by atoms with van der Waals surface area (Å²) in [6.45, 7) is 7.57. The Hall–Kier alpha value is -0.370. The van der Waals surface area contributed by atoms with E-state index in [1.165, 1.54) is 0 Å². The minimum absolute atomic E-state index is 0.795. The van der Waals surface area contributed by atoms with Crippen molar-refractivity contribution in [1.29, 1.82) is 0 Å². The zero-order valence-electron chi connectivity index (χ0n) is 7.96. The molecule has 1 rings (SSSR count). The van der Waals surface area contributed by atoms with Gasteiger partial charge in [0, 0.05) is 0 Å². The third kappa shape index (κ3) is 1.09. The van der Waals surface area contributed by atoms with Crippen LogP contribution in [-0.4, -0.2) is 20.9 Å². The van der Waals surface area contributed by atoms with E-state index in [4.69, 9.17) is 13.6 Å². The third-order valence-corrected chi connectivity index (χ3v) is 6.02. The molecule has 0 aromatic rings. The van der Waals surface area contributed by atoms with Crippen molar-refractivity contribution < 1.29 is 13.6 Å². The van der Waals surface area contributed by atoms with E-state index in [1.807, 2.05) is 19.7 Å². The van der Waals surface area contributed by atoms with Crippen LogP contribution in [0.4, 0.5) is 0 Å². The predicted octanol–water partition coefficient (Wildman–Crippen LogP) is 2.66. The van der Waals surface area contributed by atoms with Crippen LogP contribution in [0.2, 0.25) is 0 Å². The van der Waals surface area contributed by atoms with Crippen molar-refractivity contribution in [3.63, 3.8) is 0 Å². The molecular formula is C8H15O3P. The van der Waals surface area contributed by atoms with Gasteiger partial charge in [0.15, 0.2) is 0 Å². The molecule has 0 bridgehead atoms. The monoisotopic (exact) mass is 190 g/mol. The van der Waals surface area contributed by atoms with E-state index >= 15 is 0 Å². The number of hydrogen-bond donors (Lipinski definition) is 0. The Labute approximate surface area is 73.2 Å². The predicted molar refractivity (Wildman–Crippen MR) is 50.8 cm³/mol. The molecule has 1 heterocycles. The van der Waals surface area contributed by atoms with Crippen LogP contribution in [0.5, 0.6) is 0 Å². The average molecular weight is 190 g/mol. The number of allylic oxidation sites excluding steroid dienone is 3. The molecule has 0 saturated heterocycles. The fraction of sp³-hybridized carbons (Fsp3) is 0.500. The van der Waals surface area contributed by atoms with Gasteiger partial charge in [-0.3, -0.25) is 0 Å². The molecule has 0 unspecified atom stereocenters. The first kappa shape index (κ1) is 9.72. The summed E-state index contributed by atoms with van der Waals surface area (Å²) < 4.78 is 16.3. The van der Waals surface area contributed by atoms with E-state index in [1.54, 1.807) is 14.2 Å². The Morgan fingerprint density at radius 3 is 2.08 bits per heavy atom. The topological polar surface area (TPSA) is 27.7 Å². The Bertz CT molecular complexity index is 253. The van der Waals surface area contributed by atoms with E-state index in [-0.39, 0.29) is 0 Å². The van der Waals surface area contributed by atoms with E-state index in [9.17, 15) is 0 Å². The van der Waals surface area contributed by atoms with Gasteiger partial charge in [0.1, 0.15) is 0 Å². The molecule has 0 saturated carbocycles. The molecule has 12 heavy (non-hydrogen) atoms. The molecule has 0 amide bonds. The fourth-order valence-corrected chi connectivity index (χ4v) is 3.25. The molecule has 0 aliphatic carbocycles. The van der Waals surface area contributed by atoms with Crippen LogP contribution >= 0.6 is 7.28 Å². The summed E-state index contributed by atoms with van der Waals surface area (Å²) in [5.41, 5.74) is 0. The minimum atomic E-state index is -3.00. The first-order valence-electron chi connectivity index (χ1n) is 3.67. The third-order valence-electron chi connectivity index (χ3n) is 2.21. The Morgan fingerprint density at radius 2 is 1.92 bits per heavy atom. The Morgan fingerprint density at radius 1 is 1.42 bits per heavy atom. The normalized spacial score (nSPS) is 28.5. The molecule has 1 aliphatic heterocycles. The van der Waals surface area contributed by atoms with Crippen LogP contribution in [0, 0.1) is 0 Å². The van der Waals surface area contributed by atoms with Crippen LogP contribution in [-0.2, 0) is 13.6 Å². The first-order valence-corrected chi connectivity index (χ1v) is 6.11. The van der Waals surface area contributed by atoms with Gasteiger partial charge in [0.25, 0.3) is 0 Å². The van der Waals surface area contributed by atoms with Gasteiger partial charge >= 0.3 is 72.4 Å². The molecule has 1 aliphatic rings. The fourth-order valence-electron chi connectivity index (χ4n) is 1.18. The maximum atomic E-state index is 5.59. The Balaban J connectivity index is 3.09. The molecule has 3 nitrogen and oxygen atoms in total. The van der Waals surface area contributed by atoms with Crippen LogP contribution in [0.15, 0.2) is 23.7 Å². The van der Waals surface area contributed by atoms with E-state index in [0.29, 0.717) is 0 Å². The van der Waals surface area contributed by atoms with Crippen molar-refractivity contribution in [3.05, 3.63) is 23.7 Å². The second kappa shape index (κ2) is 2.56. The molecular weight excluding hydrogens is 175 g/mol. The van der Waals surface area contributed by atoms with Crippen LogP contribution < -0.4 is 0 Å². The standard InChI is InChI=1S/C8H15O3P/c1-7-6-8(2)12(5,9-3,10-4)11-7/h6H,2H2,1,3-5H3. The molecule has 0 fully saturated rings. The van der Waals surface area contributed by atoms with Crippen LogP contribution in [0.25, 0.3) is 0 Å². The van der Waals surface area contributed by atoms with Gasteiger partial charge in [-0.2, -0.15) is 0 Å². The van der Waals surface area contributed by atoms with Gasteiger partial charge < -0.3 is 0 Å². The molecule has 0 N–H and O–H groups in total. The summed E-state index contributed by atoms with van der Waals surface area (Å²) in [6.07, 6.45) is 1.85. The number of hydrogen-bond acceptors (Lipinski definition) is 3. The summed E-state index contributed by atoms with van der Waals surface area (Å²) in [7, 11) is 0.161. The second-order valence-electron chi connectivity index (χ2n) is 2.97. The maximum absolute atomic E-state index is 5.59. The molecule has 0 spiro atoms. The van der Waals surface area contributed by atoms with Crippen molar-refractivity contribution >= 4 is 7.28 Å². The number of rotatable bonds is 2. The average Bonchev–Trinajstić information content (AvgIpc) is 2.26. The molecule has 4 heteroatoms. The molecule has 70 valence electrons. The zero-order valence-corrected chi connectivity index (χ0v) is 8.85. The first-order chi connectivity index (χ1) is 5.45. The van der Waals surface area contributed by atoms with Gasteiger partial charge in [-0.25, -0.2) is 0 Å².